The van der Waals surface area contributed by atoms with E-state index in [-0.39, 0.29) is 5.91 Å². The van der Waals surface area contributed by atoms with Gasteiger partial charge in [0.05, 0.1) is 22.3 Å². The molecule has 2 heterocycles. The topological polar surface area (TPSA) is 68.5 Å². The molecule has 5 nitrogen and oxygen atoms in total. The van der Waals surface area contributed by atoms with Crippen LogP contribution in [0.5, 0.6) is 11.5 Å². The maximum Gasteiger partial charge on any atom is 0.254 e. The minimum absolute atomic E-state index is 0.0120. The second-order valence-corrected chi connectivity index (χ2v) is 7.35. The summed E-state index contributed by atoms with van der Waals surface area (Å²) in [6.07, 6.45) is 2.46. The Morgan fingerprint density at radius 2 is 1.89 bits per heavy atom. The van der Waals surface area contributed by atoms with Gasteiger partial charge in [0.25, 0.3) is 5.91 Å². The number of nitrogens with zero attached hydrogens (tertiary/aromatic N) is 2. The first-order chi connectivity index (χ1) is 13.5. The third kappa shape index (κ3) is 3.77. The Morgan fingerprint density at radius 1 is 1.11 bits per heavy atom. The number of nitrogens with two attached hydrogens (primary N) is 1. The molecule has 0 unspecified atom stereocenters. The predicted molar refractivity (Wildman–Crippen MR) is 110 cm³/mol. The highest BCUT2D eigenvalue weighted by Crippen LogP contribution is 2.38. The minimum Gasteiger partial charge on any atom is -0.454 e. The summed E-state index contributed by atoms with van der Waals surface area (Å²) < 4.78 is 5.86. The Labute approximate surface area is 172 Å². The van der Waals surface area contributed by atoms with Gasteiger partial charge < -0.3 is 15.4 Å². The van der Waals surface area contributed by atoms with E-state index in [4.69, 9.17) is 33.7 Å². The van der Waals surface area contributed by atoms with Crippen molar-refractivity contribution in [1.29, 1.82) is 0 Å². The second-order valence-electron chi connectivity index (χ2n) is 6.53. The van der Waals surface area contributed by atoms with E-state index in [2.05, 4.69) is 4.98 Å². The molecule has 1 aliphatic heterocycles. The normalized spacial score (nSPS) is 13.4. The number of rotatable bonds is 4. The number of carbonyl (C=O) groups excluding carboxylic acids is 1. The summed E-state index contributed by atoms with van der Waals surface area (Å²) >= 11 is 12.4. The lowest BCUT2D eigenvalue weighted by Gasteiger charge is -2.28. The van der Waals surface area contributed by atoms with E-state index in [0.717, 1.165) is 17.7 Å². The molecule has 0 radical (unpaired) electrons. The zero-order valence-electron chi connectivity index (χ0n) is 14.9. The Bertz CT molecular complexity index is 1020. The summed E-state index contributed by atoms with van der Waals surface area (Å²) in [6.45, 7) is 1.11. The Kier molecular flexibility index (Phi) is 5.11. The van der Waals surface area contributed by atoms with Gasteiger partial charge in [-0.05, 0) is 54.4 Å². The number of nitrogen functional groups attached to an aromatic ring is 1. The third-order valence-electron chi connectivity index (χ3n) is 4.56. The van der Waals surface area contributed by atoms with Crippen molar-refractivity contribution < 1.29 is 9.53 Å². The fourth-order valence-electron chi connectivity index (χ4n) is 3.21. The number of aromatic nitrogens is 1. The molecule has 0 aliphatic carbocycles. The van der Waals surface area contributed by atoms with Crippen LogP contribution in [0.25, 0.3) is 0 Å². The Balaban J connectivity index is 1.55. The smallest absolute Gasteiger partial charge is 0.254 e. The molecule has 2 aromatic carbocycles. The third-order valence-corrected chi connectivity index (χ3v) is 5.13. The van der Waals surface area contributed by atoms with Crippen LogP contribution in [-0.2, 0) is 13.0 Å². The van der Waals surface area contributed by atoms with Crippen molar-refractivity contribution in [3.63, 3.8) is 0 Å². The van der Waals surface area contributed by atoms with Crippen LogP contribution in [0.4, 0.5) is 5.69 Å². The summed E-state index contributed by atoms with van der Waals surface area (Å²) in [4.78, 5) is 18.9. The molecule has 0 fully saturated rings. The number of fused-ring (bicyclic) bond motifs is 1. The average molecular weight is 414 g/mol. The molecular formula is C21H17Cl2N3O2. The molecule has 1 aromatic heterocycles. The van der Waals surface area contributed by atoms with E-state index in [0.29, 0.717) is 45.9 Å². The number of carbonyl (C=O) groups is 1. The first-order valence-electron chi connectivity index (χ1n) is 8.76. The van der Waals surface area contributed by atoms with E-state index in [1.165, 1.54) is 0 Å². The molecule has 2 N–H and O–H groups in total. The van der Waals surface area contributed by atoms with Crippen molar-refractivity contribution in [3.05, 3.63) is 81.6 Å². The van der Waals surface area contributed by atoms with Gasteiger partial charge in [0.15, 0.2) is 5.75 Å². The lowest BCUT2D eigenvalue weighted by Crippen LogP contribution is -2.37. The first kappa shape index (κ1) is 18.6. The summed E-state index contributed by atoms with van der Waals surface area (Å²) in [5.74, 6) is 0.900. The summed E-state index contributed by atoms with van der Waals surface area (Å²) in [7, 11) is 0. The van der Waals surface area contributed by atoms with Crippen LogP contribution in [0, 0.1) is 0 Å². The second kappa shape index (κ2) is 7.70. The molecule has 0 saturated carbocycles. The molecule has 1 aliphatic rings. The number of halogens is 2. The van der Waals surface area contributed by atoms with Gasteiger partial charge in [-0.15, -0.1) is 0 Å². The lowest BCUT2D eigenvalue weighted by molar-refractivity contribution is 0.0725. The van der Waals surface area contributed by atoms with Gasteiger partial charge in [-0.1, -0.05) is 29.3 Å². The van der Waals surface area contributed by atoms with Crippen LogP contribution < -0.4 is 10.5 Å². The van der Waals surface area contributed by atoms with Crippen molar-refractivity contribution >= 4 is 34.8 Å². The molecule has 3 aromatic rings. The summed E-state index contributed by atoms with van der Waals surface area (Å²) in [5, 5.41) is 0.667. The highest BCUT2D eigenvalue weighted by molar-refractivity contribution is 6.37. The molecule has 4 rings (SSSR count). The molecule has 0 saturated heterocycles. The first-order valence-corrected chi connectivity index (χ1v) is 9.51. The number of hydrogen-bond donors (Lipinski definition) is 1. The maximum atomic E-state index is 12.8. The van der Waals surface area contributed by atoms with Crippen LogP contribution in [0.15, 0.2) is 54.7 Å². The van der Waals surface area contributed by atoms with Crippen LogP contribution in [-0.4, -0.2) is 22.3 Å². The molecule has 1 amide bonds. The van der Waals surface area contributed by atoms with Gasteiger partial charge in [-0.2, -0.15) is 0 Å². The van der Waals surface area contributed by atoms with Gasteiger partial charge >= 0.3 is 0 Å². The maximum absolute atomic E-state index is 12.8. The van der Waals surface area contributed by atoms with Crippen LogP contribution in [0.1, 0.15) is 21.6 Å². The molecule has 7 heteroatoms. The quantitative estimate of drug-likeness (QED) is 0.613. The van der Waals surface area contributed by atoms with Crippen LogP contribution in [0.3, 0.4) is 0 Å². The lowest BCUT2D eigenvalue weighted by atomic mass is 9.98. The zero-order chi connectivity index (χ0) is 19.7. The molecule has 0 spiro atoms. The predicted octanol–water partition coefficient (Wildman–Crippen LogP) is 4.96. The van der Waals surface area contributed by atoms with Crippen molar-refractivity contribution in [2.45, 2.75) is 13.0 Å². The number of anilines is 1. The van der Waals surface area contributed by atoms with E-state index < -0.39 is 0 Å². The SMILES string of the molecule is Nc1cc(Cl)c(Oc2ccc3c(c2)CCN(Cc2ccccn2)C3=O)c(Cl)c1. The van der Waals surface area contributed by atoms with Gasteiger partial charge in [0, 0.05) is 24.0 Å². The highest BCUT2D eigenvalue weighted by atomic mass is 35.5. The molecule has 142 valence electrons. The molecule has 0 atom stereocenters. The number of benzene rings is 2. The van der Waals surface area contributed by atoms with Crippen LogP contribution >= 0.6 is 23.2 Å². The highest BCUT2D eigenvalue weighted by Gasteiger charge is 2.25. The van der Waals surface area contributed by atoms with Crippen molar-refractivity contribution in [3.8, 4) is 11.5 Å². The molecular weight excluding hydrogens is 397 g/mol. The van der Waals surface area contributed by atoms with Gasteiger partial charge in [-0.25, -0.2) is 0 Å². The summed E-state index contributed by atoms with van der Waals surface area (Å²) in [6, 6.07) is 14.2. The minimum atomic E-state index is -0.0120. The monoisotopic (exact) mass is 413 g/mol. The average Bonchev–Trinajstić information content (AvgIpc) is 2.68. The van der Waals surface area contributed by atoms with Gasteiger partial charge in [0.1, 0.15) is 5.75 Å². The largest absolute Gasteiger partial charge is 0.454 e. The van der Waals surface area contributed by atoms with Crippen molar-refractivity contribution in [2.75, 3.05) is 12.3 Å². The van der Waals surface area contributed by atoms with Crippen molar-refractivity contribution in [2.24, 2.45) is 0 Å². The fraction of sp³-hybridized carbons (Fsp3) is 0.143. The zero-order valence-corrected chi connectivity index (χ0v) is 16.4. The molecule has 28 heavy (non-hydrogen) atoms. The van der Waals surface area contributed by atoms with E-state index in [9.17, 15) is 4.79 Å². The number of pyridine rings is 1. The summed E-state index contributed by atoms with van der Waals surface area (Å²) in [5.41, 5.74) is 8.66. The fourth-order valence-corrected chi connectivity index (χ4v) is 3.79. The van der Waals surface area contributed by atoms with Gasteiger partial charge in [0.2, 0.25) is 0 Å². The van der Waals surface area contributed by atoms with Crippen molar-refractivity contribution in [1.82, 2.24) is 9.88 Å². The standard InChI is InChI=1S/C21H17Cl2N3O2/c22-18-10-14(24)11-19(23)20(18)28-16-4-5-17-13(9-16)6-8-26(21(17)27)12-15-3-1-2-7-25-15/h1-5,7,9-11H,6,8,12,24H2. The van der Waals surface area contributed by atoms with E-state index in [1.54, 1.807) is 35.4 Å². The van der Waals surface area contributed by atoms with E-state index in [1.807, 2.05) is 24.3 Å². The number of amides is 1. The van der Waals surface area contributed by atoms with E-state index >= 15 is 0 Å². The molecule has 0 bridgehead atoms. The number of hydrogen-bond acceptors (Lipinski definition) is 4. The van der Waals surface area contributed by atoms with Gasteiger partial charge in [-0.3, -0.25) is 9.78 Å². The Morgan fingerprint density at radius 3 is 2.61 bits per heavy atom. The Hall–Kier alpha value is -2.76. The van der Waals surface area contributed by atoms with Crippen LogP contribution in [0.2, 0.25) is 10.0 Å². The number of ether oxygens (including phenoxy) is 1.